The van der Waals surface area contributed by atoms with Crippen molar-refractivity contribution in [1.29, 1.82) is 0 Å². The first-order valence-electron chi connectivity index (χ1n) is 6.01. The van der Waals surface area contributed by atoms with Gasteiger partial charge in [0.05, 0.1) is 6.04 Å². The molecular weight excluding hydrogens is 204 g/mol. The lowest BCUT2D eigenvalue weighted by atomic mass is 10.2. The van der Waals surface area contributed by atoms with E-state index in [4.69, 9.17) is 10.3 Å². The maximum Gasteiger partial charge on any atom is 0.226 e. The molecule has 0 aliphatic heterocycles. The number of rotatable bonds is 7. The summed E-state index contributed by atoms with van der Waals surface area (Å²) in [4.78, 5) is 6.54. The number of likely N-dealkylation sites (N-methyl/N-ethyl adjacent to an activating group) is 1. The van der Waals surface area contributed by atoms with E-state index in [1.165, 1.54) is 0 Å². The monoisotopic (exact) mass is 226 g/mol. The van der Waals surface area contributed by atoms with Crippen LogP contribution in [0.4, 0.5) is 0 Å². The summed E-state index contributed by atoms with van der Waals surface area (Å²) in [5, 5.41) is 3.92. The number of nitrogens with zero attached hydrogens (tertiary/aromatic N) is 3. The molecule has 0 aromatic carbocycles. The van der Waals surface area contributed by atoms with Gasteiger partial charge < -0.3 is 15.2 Å². The molecule has 0 saturated heterocycles. The molecule has 1 rings (SSSR count). The van der Waals surface area contributed by atoms with Crippen molar-refractivity contribution in [2.45, 2.75) is 39.7 Å². The highest BCUT2D eigenvalue weighted by Gasteiger charge is 2.16. The van der Waals surface area contributed by atoms with Gasteiger partial charge in [-0.3, -0.25) is 0 Å². The van der Waals surface area contributed by atoms with Gasteiger partial charge in [-0.25, -0.2) is 0 Å². The van der Waals surface area contributed by atoms with E-state index in [-0.39, 0.29) is 6.04 Å². The summed E-state index contributed by atoms with van der Waals surface area (Å²) in [6.45, 7) is 9.08. The van der Waals surface area contributed by atoms with Crippen molar-refractivity contribution in [2.24, 2.45) is 5.73 Å². The highest BCUT2D eigenvalue weighted by molar-refractivity contribution is 4.94. The maximum absolute atomic E-state index is 6.03. The van der Waals surface area contributed by atoms with Gasteiger partial charge >= 0.3 is 0 Å². The smallest absolute Gasteiger partial charge is 0.226 e. The van der Waals surface area contributed by atoms with Crippen LogP contribution in [-0.2, 0) is 6.42 Å². The van der Waals surface area contributed by atoms with Crippen LogP contribution < -0.4 is 5.73 Å². The van der Waals surface area contributed by atoms with E-state index < -0.39 is 0 Å². The lowest BCUT2D eigenvalue weighted by Crippen LogP contribution is -2.32. The molecule has 0 spiro atoms. The molecule has 2 N–H and O–H groups in total. The summed E-state index contributed by atoms with van der Waals surface area (Å²) < 4.78 is 5.12. The Morgan fingerprint density at radius 3 is 2.56 bits per heavy atom. The Bertz CT molecular complexity index is 296. The van der Waals surface area contributed by atoms with Gasteiger partial charge in [0.15, 0.2) is 5.82 Å². The Balaban J connectivity index is 2.54. The van der Waals surface area contributed by atoms with Crippen LogP contribution in [0.2, 0.25) is 0 Å². The second-order valence-corrected chi connectivity index (χ2v) is 3.89. The number of hydrogen-bond acceptors (Lipinski definition) is 5. The summed E-state index contributed by atoms with van der Waals surface area (Å²) in [6, 6.07) is -0.158. The summed E-state index contributed by atoms with van der Waals surface area (Å²) in [6.07, 6.45) is 1.83. The topological polar surface area (TPSA) is 68.2 Å². The Kier molecular flexibility index (Phi) is 5.42. The molecule has 1 heterocycles. The fourth-order valence-corrected chi connectivity index (χ4v) is 1.58. The summed E-state index contributed by atoms with van der Waals surface area (Å²) >= 11 is 0. The Morgan fingerprint density at radius 2 is 2.00 bits per heavy atom. The Hall–Kier alpha value is -0.940. The SMILES string of the molecule is CCCc1nc(C(N)CN(CC)CC)no1. The van der Waals surface area contributed by atoms with Crippen molar-refractivity contribution in [1.82, 2.24) is 15.0 Å². The molecular formula is C11H22N4O. The van der Waals surface area contributed by atoms with Crippen LogP contribution in [0.15, 0.2) is 4.52 Å². The summed E-state index contributed by atoms with van der Waals surface area (Å²) in [7, 11) is 0. The lowest BCUT2D eigenvalue weighted by Gasteiger charge is -2.20. The number of aryl methyl sites for hydroxylation is 1. The van der Waals surface area contributed by atoms with Gasteiger partial charge in [-0.15, -0.1) is 0 Å². The van der Waals surface area contributed by atoms with Gasteiger partial charge in [-0.1, -0.05) is 25.9 Å². The zero-order valence-corrected chi connectivity index (χ0v) is 10.4. The van der Waals surface area contributed by atoms with E-state index in [1.54, 1.807) is 0 Å². The molecule has 1 aromatic rings. The van der Waals surface area contributed by atoms with Crippen LogP contribution in [0, 0.1) is 0 Å². The van der Waals surface area contributed by atoms with Gasteiger partial charge in [-0.05, 0) is 19.5 Å². The fraction of sp³-hybridized carbons (Fsp3) is 0.818. The quantitative estimate of drug-likeness (QED) is 0.760. The van der Waals surface area contributed by atoms with Crippen LogP contribution in [-0.4, -0.2) is 34.7 Å². The van der Waals surface area contributed by atoms with Crippen molar-refractivity contribution in [3.05, 3.63) is 11.7 Å². The zero-order valence-electron chi connectivity index (χ0n) is 10.4. The van der Waals surface area contributed by atoms with Crippen molar-refractivity contribution in [3.8, 4) is 0 Å². The molecule has 0 aliphatic rings. The van der Waals surface area contributed by atoms with E-state index in [9.17, 15) is 0 Å². The van der Waals surface area contributed by atoms with Crippen LogP contribution >= 0.6 is 0 Å². The molecule has 0 amide bonds. The van der Waals surface area contributed by atoms with Gasteiger partial charge in [-0.2, -0.15) is 4.98 Å². The van der Waals surface area contributed by atoms with E-state index in [0.29, 0.717) is 11.7 Å². The molecule has 5 nitrogen and oxygen atoms in total. The zero-order chi connectivity index (χ0) is 12.0. The van der Waals surface area contributed by atoms with E-state index >= 15 is 0 Å². The van der Waals surface area contributed by atoms with Gasteiger partial charge in [0.2, 0.25) is 5.89 Å². The van der Waals surface area contributed by atoms with Crippen LogP contribution in [0.25, 0.3) is 0 Å². The van der Waals surface area contributed by atoms with Crippen LogP contribution in [0.1, 0.15) is 44.9 Å². The molecule has 0 bridgehead atoms. The molecule has 0 saturated carbocycles. The normalized spacial score (nSPS) is 13.3. The predicted molar refractivity (Wildman–Crippen MR) is 63.0 cm³/mol. The minimum Gasteiger partial charge on any atom is -0.339 e. The van der Waals surface area contributed by atoms with Crippen molar-refractivity contribution in [3.63, 3.8) is 0 Å². The second kappa shape index (κ2) is 6.60. The molecule has 0 aliphatic carbocycles. The van der Waals surface area contributed by atoms with Crippen LogP contribution in [0.5, 0.6) is 0 Å². The molecule has 16 heavy (non-hydrogen) atoms. The minimum atomic E-state index is -0.158. The molecule has 1 atom stereocenters. The van der Waals surface area contributed by atoms with E-state index in [1.807, 2.05) is 0 Å². The average Bonchev–Trinajstić information content (AvgIpc) is 2.74. The van der Waals surface area contributed by atoms with Gasteiger partial charge in [0.25, 0.3) is 0 Å². The average molecular weight is 226 g/mol. The number of aromatic nitrogens is 2. The van der Waals surface area contributed by atoms with Gasteiger partial charge in [0.1, 0.15) is 0 Å². The second-order valence-electron chi connectivity index (χ2n) is 3.89. The number of nitrogens with two attached hydrogens (primary N) is 1. The largest absolute Gasteiger partial charge is 0.339 e. The van der Waals surface area contributed by atoms with E-state index in [0.717, 1.165) is 32.5 Å². The van der Waals surface area contributed by atoms with Crippen molar-refractivity contribution in [2.75, 3.05) is 19.6 Å². The lowest BCUT2D eigenvalue weighted by molar-refractivity contribution is 0.277. The maximum atomic E-state index is 6.03. The van der Waals surface area contributed by atoms with Gasteiger partial charge in [0, 0.05) is 13.0 Å². The first kappa shape index (κ1) is 13.1. The standard InChI is InChI=1S/C11H22N4O/c1-4-7-10-13-11(14-16-10)9(12)8-15(5-2)6-3/h9H,4-8,12H2,1-3H3. The third-order valence-corrected chi connectivity index (χ3v) is 2.63. The molecule has 1 unspecified atom stereocenters. The first-order valence-corrected chi connectivity index (χ1v) is 6.01. The molecule has 0 fully saturated rings. The summed E-state index contributed by atoms with van der Waals surface area (Å²) in [5.41, 5.74) is 6.03. The highest BCUT2D eigenvalue weighted by Crippen LogP contribution is 2.09. The molecule has 92 valence electrons. The van der Waals surface area contributed by atoms with Crippen molar-refractivity contribution >= 4 is 0 Å². The minimum absolute atomic E-state index is 0.158. The third-order valence-electron chi connectivity index (χ3n) is 2.63. The third kappa shape index (κ3) is 3.57. The van der Waals surface area contributed by atoms with Crippen molar-refractivity contribution < 1.29 is 4.52 Å². The first-order chi connectivity index (χ1) is 7.71. The number of hydrogen-bond donors (Lipinski definition) is 1. The summed E-state index contributed by atoms with van der Waals surface area (Å²) in [5.74, 6) is 1.31. The van der Waals surface area contributed by atoms with E-state index in [2.05, 4.69) is 35.8 Å². The molecule has 1 aromatic heterocycles. The fourth-order valence-electron chi connectivity index (χ4n) is 1.58. The predicted octanol–water partition coefficient (Wildman–Crippen LogP) is 1.36. The Labute approximate surface area is 97.0 Å². The molecule has 0 radical (unpaired) electrons. The highest BCUT2D eigenvalue weighted by atomic mass is 16.5. The molecule has 5 heteroatoms. The van der Waals surface area contributed by atoms with Crippen LogP contribution in [0.3, 0.4) is 0 Å². The Morgan fingerprint density at radius 1 is 1.31 bits per heavy atom.